The Morgan fingerprint density at radius 1 is 1.22 bits per heavy atom. The molecule has 0 aromatic heterocycles. The smallest absolute Gasteiger partial charge is 0.258 e. The van der Waals surface area contributed by atoms with Crippen molar-refractivity contribution in [3.63, 3.8) is 0 Å². The van der Waals surface area contributed by atoms with Crippen LogP contribution in [0.4, 0.5) is 15.8 Å². The van der Waals surface area contributed by atoms with Gasteiger partial charge in [-0.15, -0.1) is 0 Å². The van der Waals surface area contributed by atoms with Gasteiger partial charge in [-0.2, -0.15) is 0 Å². The Morgan fingerprint density at radius 3 is 2.72 bits per heavy atom. The Bertz CT molecular complexity index is 1070. The van der Waals surface area contributed by atoms with Crippen molar-refractivity contribution in [2.24, 2.45) is 0 Å². The van der Waals surface area contributed by atoms with Crippen molar-refractivity contribution in [2.75, 3.05) is 43.5 Å². The van der Waals surface area contributed by atoms with Gasteiger partial charge in [0.05, 0.1) is 11.8 Å². The van der Waals surface area contributed by atoms with Gasteiger partial charge in [0.1, 0.15) is 5.82 Å². The molecule has 0 radical (unpaired) electrons. The molecule has 0 bridgehead atoms. The van der Waals surface area contributed by atoms with Crippen LogP contribution in [0, 0.1) is 17.7 Å². The minimum Gasteiger partial charge on any atom is -0.392 e. The van der Waals surface area contributed by atoms with Gasteiger partial charge in [-0.25, -0.2) is 4.39 Å². The molecule has 2 atom stereocenters. The van der Waals surface area contributed by atoms with Crippen molar-refractivity contribution in [3.05, 3.63) is 58.9 Å². The summed E-state index contributed by atoms with van der Waals surface area (Å²) in [6.07, 6.45) is 1.66. The van der Waals surface area contributed by atoms with Crippen molar-refractivity contribution in [1.82, 2.24) is 4.90 Å². The van der Waals surface area contributed by atoms with E-state index in [2.05, 4.69) is 35.7 Å². The maximum absolute atomic E-state index is 15.0. The van der Waals surface area contributed by atoms with E-state index in [1.54, 1.807) is 24.0 Å². The van der Waals surface area contributed by atoms with E-state index in [4.69, 9.17) is 0 Å². The van der Waals surface area contributed by atoms with E-state index in [1.807, 2.05) is 18.2 Å². The summed E-state index contributed by atoms with van der Waals surface area (Å²) >= 11 is 0. The maximum Gasteiger partial charge on any atom is 0.258 e. The largest absolute Gasteiger partial charge is 0.392 e. The van der Waals surface area contributed by atoms with Crippen molar-refractivity contribution >= 4 is 17.3 Å². The van der Waals surface area contributed by atoms with Gasteiger partial charge in [-0.05, 0) is 75.8 Å². The Morgan fingerprint density at radius 2 is 2.03 bits per heavy atom. The van der Waals surface area contributed by atoms with Crippen LogP contribution in [0.15, 0.2) is 36.4 Å². The first-order chi connectivity index (χ1) is 15.3. The molecule has 168 valence electrons. The third kappa shape index (κ3) is 4.64. The maximum atomic E-state index is 15.0. The number of hydrogen-bond acceptors (Lipinski definition) is 4. The van der Waals surface area contributed by atoms with Crippen LogP contribution in [0.25, 0.3) is 0 Å². The number of aliphatic hydroxyl groups excluding tert-OH is 1. The predicted octanol–water partition coefficient (Wildman–Crippen LogP) is 3.29. The Hall–Kier alpha value is -2.88. The lowest BCUT2D eigenvalue weighted by molar-refractivity contribution is 0.0980. The van der Waals surface area contributed by atoms with Gasteiger partial charge in [0, 0.05) is 48.9 Å². The van der Waals surface area contributed by atoms with E-state index < -0.39 is 6.10 Å². The van der Waals surface area contributed by atoms with Crippen LogP contribution in [-0.2, 0) is 6.42 Å². The highest BCUT2D eigenvalue weighted by molar-refractivity contribution is 6.08. The number of amides is 1. The summed E-state index contributed by atoms with van der Waals surface area (Å²) in [4.78, 5) is 19.0. The van der Waals surface area contributed by atoms with Gasteiger partial charge in [-0.1, -0.05) is 11.8 Å². The van der Waals surface area contributed by atoms with Crippen LogP contribution >= 0.6 is 0 Å². The number of rotatable bonds is 4. The van der Waals surface area contributed by atoms with Crippen LogP contribution in [-0.4, -0.2) is 61.8 Å². The zero-order valence-corrected chi connectivity index (χ0v) is 18.9. The molecule has 6 heteroatoms. The molecule has 1 saturated heterocycles. The molecular weight excluding hydrogens is 405 g/mol. The first-order valence-corrected chi connectivity index (χ1v) is 11.2. The fraction of sp³-hybridized carbons (Fsp3) is 0.423. The second-order valence-corrected chi connectivity index (χ2v) is 8.92. The highest BCUT2D eigenvalue weighted by Gasteiger charge is 2.28. The van der Waals surface area contributed by atoms with E-state index in [0.717, 1.165) is 30.6 Å². The quantitative estimate of drug-likeness (QED) is 0.749. The van der Waals surface area contributed by atoms with Crippen LogP contribution in [0.2, 0.25) is 0 Å². The average molecular weight is 436 g/mol. The Labute approximate surface area is 189 Å². The second kappa shape index (κ2) is 9.32. The fourth-order valence-corrected chi connectivity index (χ4v) is 4.42. The van der Waals surface area contributed by atoms with Crippen molar-refractivity contribution in [2.45, 2.75) is 38.3 Å². The molecule has 2 aromatic rings. The van der Waals surface area contributed by atoms with Crippen LogP contribution in [0.5, 0.6) is 0 Å². The molecule has 1 unspecified atom stereocenters. The van der Waals surface area contributed by atoms with Gasteiger partial charge in [0.15, 0.2) is 0 Å². The molecule has 2 aromatic carbocycles. The first kappa shape index (κ1) is 22.3. The van der Waals surface area contributed by atoms with Crippen LogP contribution in [0.3, 0.4) is 0 Å². The topological polar surface area (TPSA) is 47.0 Å². The molecule has 1 amide bonds. The predicted molar refractivity (Wildman–Crippen MR) is 126 cm³/mol. The number of aliphatic hydroxyl groups is 1. The standard InChI is InChI=1S/C26H30FN3O2/c1-18(31)5-4-6-19-7-9-23-20(15-19)11-14-30(26(23)32)21-8-10-25(24(27)16-21)29-13-12-22(17-29)28(2)3/h7-10,15-16,18,22,31H,5,11-14,17H2,1-3H3/t18?,22-/m1/s1. The highest BCUT2D eigenvalue weighted by Crippen LogP contribution is 2.31. The number of benzene rings is 2. The zero-order valence-electron chi connectivity index (χ0n) is 18.9. The van der Waals surface area contributed by atoms with Gasteiger partial charge in [-0.3, -0.25) is 4.79 Å². The lowest BCUT2D eigenvalue weighted by Gasteiger charge is -2.29. The van der Waals surface area contributed by atoms with Crippen molar-refractivity contribution < 1.29 is 14.3 Å². The number of likely N-dealkylation sites (N-methyl/N-ethyl adjacent to an activating group) is 1. The lowest BCUT2D eigenvalue weighted by atomic mass is 9.96. The number of hydrogen-bond donors (Lipinski definition) is 1. The monoisotopic (exact) mass is 435 g/mol. The molecule has 5 nitrogen and oxygen atoms in total. The minimum atomic E-state index is -0.457. The van der Waals surface area contributed by atoms with Crippen molar-refractivity contribution in [1.29, 1.82) is 0 Å². The third-order valence-corrected chi connectivity index (χ3v) is 6.29. The zero-order chi connectivity index (χ0) is 22.8. The number of carbonyl (C=O) groups excluding carboxylic acids is 1. The molecule has 2 heterocycles. The number of fused-ring (bicyclic) bond motifs is 1. The minimum absolute atomic E-state index is 0.115. The normalized spacial score (nSPS) is 19.1. The fourth-order valence-electron chi connectivity index (χ4n) is 4.42. The highest BCUT2D eigenvalue weighted by atomic mass is 19.1. The molecule has 0 saturated carbocycles. The number of halogens is 1. The Kier molecular flexibility index (Phi) is 6.50. The molecule has 0 spiro atoms. The molecular formula is C26H30FN3O2. The average Bonchev–Trinajstić information content (AvgIpc) is 3.24. The van der Waals surface area contributed by atoms with E-state index in [-0.39, 0.29) is 11.7 Å². The summed E-state index contributed by atoms with van der Waals surface area (Å²) in [5, 5.41) is 9.34. The van der Waals surface area contributed by atoms with Gasteiger partial charge < -0.3 is 19.8 Å². The summed E-state index contributed by atoms with van der Waals surface area (Å²) in [6.45, 7) is 3.84. The second-order valence-electron chi connectivity index (χ2n) is 8.92. The molecule has 1 N–H and O–H groups in total. The number of carbonyl (C=O) groups is 1. The molecule has 4 rings (SSSR count). The third-order valence-electron chi connectivity index (χ3n) is 6.29. The molecule has 1 fully saturated rings. The summed E-state index contributed by atoms with van der Waals surface area (Å²) in [5.74, 6) is 5.59. The van der Waals surface area contributed by atoms with Gasteiger partial charge in [0.25, 0.3) is 5.91 Å². The molecule has 0 aliphatic carbocycles. The summed E-state index contributed by atoms with van der Waals surface area (Å²) in [5.41, 5.74) is 3.62. The van der Waals surface area contributed by atoms with E-state index >= 15 is 4.39 Å². The number of anilines is 2. The molecule has 32 heavy (non-hydrogen) atoms. The molecule has 2 aliphatic heterocycles. The van der Waals surface area contributed by atoms with E-state index in [9.17, 15) is 9.90 Å². The lowest BCUT2D eigenvalue weighted by Crippen LogP contribution is -2.37. The van der Waals surface area contributed by atoms with Crippen LogP contribution < -0.4 is 9.80 Å². The van der Waals surface area contributed by atoms with E-state index in [1.165, 1.54) is 6.07 Å². The summed E-state index contributed by atoms with van der Waals surface area (Å²) < 4.78 is 15.0. The SMILES string of the molecule is CC(O)CC#Cc1ccc2c(c1)CCN(c1ccc(N3CC[C@@H](N(C)C)C3)c(F)c1)C2=O. The number of nitrogens with zero attached hydrogens (tertiary/aromatic N) is 3. The van der Waals surface area contributed by atoms with Gasteiger partial charge in [0.2, 0.25) is 0 Å². The van der Waals surface area contributed by atoms with Gasteiger partial charge >= 0.3 is 0 Å². The summed E-state index contributed by atoms with van der Waals surface area (Å²) in [7, 11) is 4.11. The summed E-state index contributed by atoms with van der Waals surface area (Å²) in [6, 6.07) is 11.1. The van der Waals surface area contributed by atoms with Crippen molar-refractivity contribution in [3.8, 4) is 11.8 Å². The molecule has 2 aliphatic rings. The van der Waals surface area contributed by atoms with E-state index in [0.29, 0.717) is 42.4 Å². The Balaban J connectivity index is 1.50. The van der Waals surface area contributed by atoms with Crippen LogP contribution in [0.1, 0.15) is 41.3 Å². The first-order valence-electron chi connectivity index (χ1n) is 11.2.